The van der Waals surface area contributed by atoms with Crippen molar-refractivity contribution in [1.29, 1.82) is 0 Å². The van der Waals surface area contributed by atoms with Gasteiger partial charge in [-0.25, -0.2) is 4.79 Å². The lowest BCUT2D eigenvalue weighted by Gasteiger charge is -2.37. The minimum atomic E-state index is -2.07. The molecule has 1 aromatic rings. The Bertz CT molecular complexity index is 808. The van der Waals surface area contributed by atoms with Gasteiger partial charge < -0.3 is 13.9 Å². The number of azide groups is 1. The molecule has 30 heavy (non-hydrogen) atoms. The van der Waals surface area contributed by atoms with Gasteiger partial charge in [0.05, 0.1) is 10.8 Å². The van der Waals surface area contributed by atoms with Crippen molar-refractivity contribution in [3.8, 4) is 0 Å². The molecule has 1 aliphatic rings. The number of esters is 2. The molecule has 0 spiro atoms. The Morgan fingerprint density at radius 2 is 1.83 bits per heavy atom. The van der Waals surface area contributed by atoms with Crippen LogP contribution in [0.3, 0.4) is 0 Å². The molecule has 1 unspecified atom stereocenters. The lowest BCUT2D eigenvalue weighted by atomic mass is 10.1. The van der Waals surface area contributed by atoms with Crippen molar-refractivity contribution >= 4 is 32.0 Å². The van der Waals surface area contributed by atoms with Crippen LogP contribution in [-0.2, 0) is 18.7 Å². The van der Waals surface area contributed by atoms with Crippen LogP contribution in [0, 0.1) is 0 Å². The van der Waals surface area contributed by atoms with Crippen LogP contribution in [0.4, 0.5) is 0 Å². The lowest BCUT2D eigenvalue weighted by molar-refractivity contribution is -0.143. The molecule has 1 fully saturated rings. The van der Waals surface area contributed by atoms with Gasteiger partial charge in [-0.15, -0.1) is 11.8 Å². The topological polar surface area (TPSA) is 111 Å². The predicted molar refractivity (Wildman–Crippen MR) is 119 cm³/mol. The molecular weight excluding hydrogens is 422 g/mol. The average Bonchev–Trinajstić information content (AvgIpc) is 2.96. The molecular formula is C20H29N3O5SSi. The number of benzene rings is 1. The van der Waals surface area contributed by atoms with E-state index in [-0.39, 0.29) is 10.3 Å². The molecule has 4 atom stereocenters. The Kier molecular flexibility index (Phi) is 7.98. The van der Waals surface area contributed by atoms with Gasteiger partial charge in [0.1, 0.15) is 12.1 Å². The molecule has 1 heterocycles. The monoisotopic (exact) mass is 451 g/mol. The summed E-state index contributed by atoms with van der Waals surface area (Å²) < 4.78 is 17.4. The second-order valence-corrected chi connectivity index (χ2v) is 14.8. The summed E-state index contributed by atoms with van der Waals surface area (Å²) in [6.45, 7) is 12.3. The maximum atomic E-state index is 12.7. The first-order chi connectivity index (χ1) is 14.0. The first-order valence-corrected chi connectivity index (χ1v) is 13.6. The third kappa shape index (κ3) is 6.01. The summed E-state index contributed by atoms with van der Waals surface area (Å²) in [6, 6.07) is 7.74. The fraction of sp³-hybridized carbons (Fsp3) is 0.600. The van der Waals surface area contributed by atoms with Crippen molar-refractivity contribution in [1.82, 2.24) is 0 Å². The number of hydrogen-bond acceptors (Lipinski definition) is 7. The van der Waals surface area contributed by atoms with Crippen molar-refractivity contribution < 1.29 is 23.5 Å². The van der Waals surface area contributed by atoms with Gasteiger partial charge >= 0.3 is 11.9 Å². The van der Waals surface area contributed by atoms with E-state index in [0.29, 0.717) is 12.2 Å². The zero-order valence-electron chi connectivity index (χ0n) is 18.2. The summed E-state index contributed by atoms with van der Waals surface area (Å²) in [4.78, 5) is 27.1. The van der Waals surface area contributed by atoms with Gasteiger partial charge in [-0.3, -0.25) is 4.79 Å². The van der Waals surface area contributed by atoms with E-state index in [1.165, 1.54) is 18.7 Å². The number of nitrogens with zero attached hydrogens (tertiary/aromatic N) is 3. The van der Waals surface area contributed by atoms with Crippen molar-refractivity contribution in [2.24, 2.45) is 5.11 Å². The SMILES string of the molecule is CC(=O)OC1S[C@H](CO[Si](C)(C)C(C)(C)C)[C@@H](OC(=O)c2ccccc2)[C@H]1N=[N+]=[N-]. The largest absolute Gasteiger partial charge is 0.457 e. The van der Waals surface area contributed by atoms with Gasteiger partial charge in [-0.1, -0.05) is 44.1 Å². The number of carbonyl (C=O) groups is 2. The highest BCUT2D eigenvalue weighted by Gasteiger charge is 2.49. The molecule has 10 heteroatoms. The minimum absolute atomic E-state index is 0.00593. The van der Waals surface area contributed by atoms with Crippen molar-refractivity contribution in [2.75, 3.05) is 6.61 Å². The molecule has 1 aromatic carbocycles. The first-order valence-electron chi connectivity index (χ1n) is 9.73. The highest BCUT2D eigenvalue weighted by molar-refractivity contribution is 8.00. The Labute approximate surface area is 182 Å². The highest BCUT2D eigenvalue weighted by Crippen LogP contribution is 2.42. The van der Waals surface area contributed by atoms with Gasteiger partial charge in [0.15, 0.2) is 13.8 Å². The van der Waals surface area contributed by atoms with Gasteiger partial charge in [0.25, 0.3) is 0 Å². The van der Waals surface area contributed by atoms with Crippen LogP contribution >= 0.6 is 11.8 Å². The molecule has 0 amide bonds. The first kappa shape index (κ1) is 24.3. The molecule has 0 radical (unpaired) electrons. The van der Waals surface area contributed by atoms with E-state index < -0.39 is 37.8 Å². The molecule has 0 aromatic heterocycles. The van der Waals surface area contributed by atoms with E-state index in [0.717, 1.165) is 0 Å². The Balaban J connectivity index is 2.27. The Morgan fingerprint density at radius 3 is 2.37 bits per heavy atom. The molecule has 0 saturated carbocycles. The molecule has 2 rings (SSSR count). The fourth-order valence-corrected chi connectivity index (χ4v) is 5.27. The lowest BCUT2D eigenvalue weighted by Crippen LogP contribution is -2.44. The molecule has 8 nitrogen and oxygen atoms in total. The maximum absolute atomic E-state index is 12.7. The average molecular weight is 452 g/mol. The third-order valence-corrected chi connectivity index (χ3v) is 11.3. The van der Waals surface area contributed by atoms with E-state index in [2.05, 4.69) is 43.9 Å². The van der Waals surface area contributed by atoms with Crippen LogP contribution in [0.2, 0.25) is 18.1 Å². The van der Waals surface area contributed by atoms with E-state index >= 15 is 0 Å². The van der Waals surface area contributed by atoms with Gasteiger partial charge in [-0.2, -0.15) is 0 Å². The van der Waals surface area contributed by atoms with Gasteiger partial charge in [0, 0.05) is 18.4 Å². The molecule has 0 aliphatic carbocycles. The van der Waals surface area contributed by atoms with Crippen LogP contribution in [0.15, 0.2) is 35.4 Å². The third-order valence-electron chi connectivity index (χ3n) is 5.43. The summed E-state index contributed by atoms with van der Waals surface area (Å²) >= 11 is 1.30. The van der Waals surface area contributed by atoms with Crippen LogP contribution in [-0.4, -0.2) is 49.7 Å². The summed E-state index contributed by atoms with van der Waals surface area (Å²) in [7, 11) is -2.07. The van der Waals surface area contributed by atoms with Gasteiger partial charge in [0.2, 0.25) is 0 Å². The van der Waals surface area contributed by atoms with Gasteiger partial charge in [-0.05, 0) is 35.8 Å². The number of carbonyl (C=O) groups excluding carboxylic acids is 2. The number of thioether (sulfide) groups is 1. The molecule has 0 bridgehead atoms. The van der Waals surface area contributed by atoms with Crippen molar-refractivity contribution in [3.63, 3.8) is 0 Å². The van der Waals surface area contributed by atoms with Crippen LogP contribution < -0.4 is 0 Å². The van der Waals surface area contributed by atoms with E-state index in [9.17, 15) is 9.59 Å². The van der Waals surface area contributed by atoms with Crippen LogP contribution in [0.1, 0.15) is 38.1 Å². The molecule has 164 valence electrons. The summed E-state index contributed by atoms with van der Waals surface area (Å²) in [5, 5.41) is 3.46. The second-order valence-electron chi connectivity index (χ2n) is 8.66. The smallest absolute Gasteiger partial charge is 0.338 e. The highest BCUT2D eigenvalue weighted by atomic mass is 32.2. The van der Waals surface area contributed by atoms with E-state index in [4.69, 9.17) is 19.4 Å². The summed E-state index contributed by atoms with van der Waals surface area (Å²) in [6.07, 6.45) is -0.785. The second kappa shape index (κ2) is 9.87. The van der Waals surface area contributed by atoms with Crippen LogP contribution in [0.25, 0.3) is 10.4 Å². The predicted octanol–water partition coefficient (Wildman–Crippen LogP) is 4.92. The summed E-state index contributed by atoms with van der Waals surface area (Å²) in [5.41, 5.74) is 8.68. The number of rotatable bonds is 7. The number of hydrogen-bond donors (Lipinski definition) is 0. The fourth-order valence-electron chi connectivity index (χ4n) is 2.70. The normalized spacial score (nSPS) is 24.1. The van der Waals surface area contributed by atoms with E-state index in [1.807, 2.05) is 0 Å². The van der Waals surface area contributed by atoms with Crippen molar-refractivity contribution in [3.05, 3.63) is 46.3 Å². The minimum Gasteiger partial charge on any atom is -0.457 e. The standard InChI is InChI=1S/C20H29N3O5SSi/c1-13(24)27-19-16(22-23-21)17(28-18(25)14-10-8-7-9-11-14)15(29-19)12-26-30(5,6)20(2,3)4/h7-11,15-17,19H,12H2,1-6H3/t15-,16-,17-,19?/m1/s1. The van der Waals surface area contributed by atoms with E-state index in [1.54, 1.807) is 30.3 Å². The summed E-state index contributed by atoms with van der Waals surface area (Å²) in [5.74, 6) is -1.02. The zero-order chi connectivity index (χ0) is 22.5. The molecule has 1 aliphatic heterocycles. The molecule has 1 saturated heterocycles. The maximum Gasteiger partial charge on any atom is 0.338 e. The number of ether oxygens (including phenoxy) is 2. The zero-order valence-corrected chi connectivity index (χ0v) is 20.0. The quantitative estimate of drug-likeness (QED) is 0.191. The van der Waals surface area contributed by atoms with Crippen molar-refractivity contribution in [2.45, 2.75) is 68.7 Å². The molecule has 0 N–H and O–H groups in total. The Hall–Kier alpha value is -2.00. The Morgan fingerprint density at radius 1 is 1.20 bits per heavy atom. The van der Waals surface area contributed by atoms with Crippen LogP contribution in [0.5, 0.6) is 0 Å².